The van der Waals surface area contributed by atoms with Gasteiger partial charge < -0.3 is 15.6 Å². The van der Waals surface area contributed by atoms with E-state index in [4.69, 9.17) is 5.73 Å². The summed E-state index contributed by atoms with van der Waals surface area (Å²) >= 11 is 0. The fourth-order valence-electron chi connectivity index (χ4n) is 1.86. The Morgan fingerprint density at radius 2 is 2.27 bits per heavy atom. The van der Waals surface area contributed by atoms with Gasteiger partial charge in [-0.3, -0.25) is 4.79 Å². The molecule has 0 spiro atoms. The number of rotatable bonds is 2. The van der Waals surface area contributed by atoms with Crippen LogP contribution in [0, 0.1) is 0 Å². The number of phenolic OH excluding ortho intramolecular Hbond substituents is 1. The number of hydrogen-bond donors (Lipinski definition) is 2. The molecule has 2 unspecified atom stereocenters. The smallest absolute Gasteiger partial charge is 0.326 e. The van der Waals surface area contributed by atoms with E-state index >= 15 is 0 Å². The van der Waals surface area contributed by atoms with E-state index < -0.39 is 11.5 Å². The monoisotopic (exact) mass is 207 g/mol. The van der Waals surface area contributed by atoms with Gasteiger partial charge in [0.15, 0.2) is 0 Å². The minimum Gasteiger partial charge on any atom is -0.508 e. The quantitative estimate of drug-likeness (QED) is 0.702. The molecular weight excluding hydrogens is 194 g/mol. The maximum absolute atomic E-state index is 11.4. The van der Waals surface area contributed by atoms with E-state index in [0.29, 0.717) is 12.0 Å². The summed E-state index contributed by atoms with van der Waals surface area (Å²) in [4.78, 5) is 11.4. The maximum Gasteiger partial charge on any atom is 0.326 e. The Kier molecular flexibility index (Phi) is 2.16. The lowest BCUT2D eigenvalue weighted by molar-refractivity contribution is -0.143. The van der Waals surface area contributed by atoms with Crippen LogP contribution in [0.4, 0.5) is 0 Å². The van der Waals surface area contributed by atoms with Crippen LogP contribution >= 0.6 is 0 Å². The largest absolute Gasteiger partial charge is 0.508 e. The van der Waals surface area contributed by atoms with Crippen molar-refractivity contribution in [1.29, 1.82) is 0 Å². The Balaban J connectivity index is 2.24. The van der Waals surface area contributed by atoms with Crippen LogP contribution in [0.1, 0.15) is 17.9 Å². The van der Waals surface area contributed by atoms with Crippen molar-refractivity contribution in [1.82, 2.24) is 0 Å². The second-order valence-electron chi connectivity index (χ2n) is 3.85. The molecule has 0 aliphatic heterocycles. The maximum atomic E-state index is 11.4. The third kappa shape index (κ3) is 1.47. The zero-order chi connectivity index (χ0) is 11.1. The molecule has 1 aromatic rings. The summed E-state index contributed by atoms with van der Waals surface area (Å²) in [5, 5.41) is 9.60. The van der Waals surface area contributed by atoms with Crippen LogP contribution in [-0.4, -0.2) is 23.7 Å². The molecule has 1 aliphatic carbocycles. The van der Waals surface area contributed by atoms with Crippen LogP contribution in [-0.2, 0) is 9.53 Å². The Morgan fingerprint density at radius 3 is 2.87 bits per heavy atom. The molecule has 3 N–H and O–H groups in total. The minimum atomic E-state index is -0.951. The zero-order valence-electron chi connectivity index (χ0n) is 8.43. The van der Waals surface area contributed by atoms with Gasteiger partial charge in [-0.25, -0.2) is 0 Å². The van der Waals surface area contributed by atoms with Crippen LogP contribution in [0.5, 0.6) is 5.75 Å². The second-order valence-corrected chi connectivity index (χ2v) is 3.85. The SMILES string of the molecule is COC(=O)C1(N)CC1c1ccccc1O. The van der Waals surface area contributed by atoms with Crippen LogP contribution < -0.4 is 5.73 Å². The van der Waals surface area contributed by atoms with Gasteiger partial charge in [-0.1, -0.05) is 18.2 Å². The summed E-state index contributed by atoms with van der Waals surface area (Å²) in [6.07, 6.45) is 0.525. The van der Waals surface area contributed by atoms with E-state index in [1.54, 1.807) is 18.2 Å². The molecule has 0 saturated heterocycles. The van der Waals surface area contributed by atoms with Gasteiger partial charge in [0.1, 0.15) is 11.3 Å². The van der Waals surface area contributed by atoms with Crippen LogP contribution in [0.2, 0.25) is 0 Å². The summed E-state index contributed by atoms with van der Waals surface area (Å²) in [7, 11) is 1.32. The Bertz CT molecular complexity index is 405. The lowest BCUT2D eigenvalue weighted by atomic mass is 10.1. The molecule has 0 bridgehead atoms. The van der Waals surface area contributed by atoms with Crippen molar-refractivity contribution in [2.75, 3.05) is 7.11 Å². The molecular formula is C11H13NO3. The number of benzene rings is 1. The number of nitrogens with two attached hydrogens (primary N) is 1. The van der Waals surface area contributed by atoms with Crippen molar-refractivity contribution >= 4 is 5.97 Å². The van der Waals surface area contributed by atoms with E-state index in [9.17, 15) is 9.90 Å². The Labute approximate surface area is 87.7 Å². The van der Waals surface area contributed by atoms with Crippen LogP contribution in [0.3, 0.4) is 0 Å². The summed E-state index contributed by atoms with van der Waals surface area (Å²) in [6, 6.07) is 6.91. The standard InChI is InChI=1S/C11H13NO3/c1-15-10(14)11(12)6-8(11)7-4-2-3-5-9(7)13/h2-5,8,13H,6,12H2,1H3. The number of carbonyl (C=O) groups is 1. The predicted octanol–water partition coefficient (Wildman–Crippen LogP) is 0.750. The zero-order valence-corrected chi connectivity index (χ0v) is 8.43. The minimum absolute atomic E-state index is 0.133. The van der Waals surface area contributed by atoms with Crippen molar-refractivity contribution in [3.05, 3.63) is 29.8 Å². The molecule has 1 aromatic carbocycles. The highest BCUT2D eigenvalue weighted by molar-refractivity contribution is 5.86. The van der Waals surface area contributed by atoms with Gasteiger partial charge in [0.2, 0.25) is 0 Å². The second kappa shape index (κ2) is 3.24. The van der Waals surface area contributed by atoms with E-state index in [1.165, 1.54) is 7.11 Å². The van der Waals surface area contributed by atoms with Crippen LogP contribution in [0.25, 0.3) is 0 Å². The molecule has 0 radical (unpaired) electrons. The molecule has 2 atom stereocenters. The highest BCUT2D eigenvalue weighted by Gasteiger charge is 2.59. The average molecular weight is 207 g/mol. The highest BCUT2D eigenvalue weighted by atomic mass is 16.5. The number of methoxy groups -OCH3 is 1. The van der Waals surface area contributed by atoms with Crippen molar-refractivity contribution in [2.24, 2.45) is 5.73 Å². The number of esters is 1. The van der Waals surface area contributed by atoms with Crippen molar-refractivity contribution in [3.8, 4) is 5.75 Å². The first-order chi connectivity index (χ1) is 7.09. The topological polar surface area (TPSA) is 72.5 Å². The fraction of sp³-hybridized carbons (Fsp3) is 0.364. The van der Waals surface area contributed by atoms with E-state index in [-0.39, 0.29) is 11.7 Å². The molecule has 1 aliphatic rings. The van der Waals surface area contributed by atoms with Gasteiger partial charge in [-0.2, -0.15) is 0 Å². The molecule has 4 nitrogen and oxygen atoms in total. The summed E-state index contributed by atoms with van der Waals surface area (Å²) in [5.41, 5.74) is 5.62. The number of hydrogen-bond acceptors (Lipinski definition) is 4. The van der Waals surface area contributed by atoms with Gasteiger partial charge >= 0.3 is 5.97 Å². The van der Waals surface area contributed by atoms with E-state index in [0.717, 1.165) is 0 Å². The molecule has 1 fully saturated rings. The number of ether oxygens (including phenoxy) is 1. The molecule has 0 amide bonds. The highest BCUT2D eigenvalue weighted by Crippen LogP contribution is 2.52. The van der Waals surface area contributed by atoms with E-state index in [2.05, 4.69) is 4.74 Å². The molecule has 2 rings (SSSR count). The summed E-state index contributed by atoms with van der Waals surface area (Å²) in [5.74, 6) is -0.374. The third-order valence-corrected chi connectivity index (χ3v) is 2.88. The third-order valence-electron chi connectivity index (χ3n) is 2.88. The molecule has 1 saturated carbocycles. The van der Waals surface area contributed by atoms with E-state index in [1.807, 2.05) is 6.07 Å². The first-order valence-electron chi connectivity index (χ1n) is 4.75. The van der Waals surface area contributed by atoms with Gasteiger partial charge in [-0.15, -0.1) is 0 Å². The van der Waals surface area contributed by atoms with Gasteiger partial charge in [0, 0.05) is 5.92 Å². The Morgan fingerprint density at radius 1 is 1.60 bits per heavy atom. The molecule has 0 aromatic heterocycles. The Hall–Kier alpha value is -1.55. The molecule has 80 valence electrons. The number of carbonyl (C=O) groups excluding carboxylic acids is 1. The van der Waals surface area contributed by atoms with Crippen molar-refractivity contribution in [3.63, 3.8) is 0 Å². The number of aromatic hydroxyl groups is 1. The summed E-state index contributed by atoms with van der Waals surface area (Å²) < 4.78 is 4.62. The number of para-hydroxylation sites is 1. The normalized spacial score (nSPS) is 28.5. The first-order valence-corrected chi connectivity index (χ1v) is 4.75. The average Bonchev–Trinajstić information content (AvgIpc) is 2.91. The van der Waals surface area contributed by atoms with Gasteiger partial charge in [0.05, 0.1) is 7.11 Å². The van der Waals surface area contributed by atoms with Crippen molar-refractivity contribution in [2.45, 2.75) is 17.9 Å². The molecule has 0 heterocycles. The molecule has 15 heavy (non-hydrogen) atoms. The first kappa shape index (κ1) is 9.98. The lowest BCUT2D eigenvalue weighted by Gasteiger charge is -2.09. The van der Waals surface area contributed by atoms with Crippen LogP contribution in [0.15, 0.2) is 24.3 Å². The lowest BCUT2D eigenvalue weighted by Crippen LogP contribution is -2.35. The van der Waals surface area contributed by atoms with Crippen molar-refractivity contribution < 1.29 is 14.6 Å². The summed E-state index contributed by atoms with van der Waals surface area (Å²) in [6.45, 7) is 0. The predicted molar refractivity (Wildman–Crippen MR) is 54.4 cm³/mol. The van der Waals surface area contributed by atoms with Gasteiger partial charge in [0.25, 0.3) is 0 Å². The van der Waals surface area contributed by atoms with Gasteiger partial charge in [-0.05, 0) is 18.1 Å². The fourth-order valence-corrected chi connectivity index (χ4v) is 1.86. The molecule has 4 heteroatoms. The number of phenols is 1.